The first kappa shape index (κ1) is 9.45. The summed E-state index contributed by atoms with van der Waals surface area (Å²) in [5, 5.41) is 2.99. The Hall–Kier alpha value is -2.10. The molecular formula is C11H10FN3. The number of anilines is 3. The van der Waals surface area contributed by atoms with Crippen LogP contribution in [0.2, 0.25) is 0 Å². The Balaban J connectivity index is 2.26. The molecule has 3 nitrogen and oxygen atoms in total. The average Bonchev–Trinajstić information content (AvgIpc) is 2.22. The van der Waals surface area contributed by atoms with Crippen LogP contribution in [0, 0.1) is 5.82 Å². The van der Waals surface area contributed by atoms with Crippen LogP contribution < -0.4 is 11.1 Å². The molecule has 0 spiro atoms. The summed E-state index contributed by atoms with van der Waals surface area (Å²) in [6, 6.07) is 7.85. The number of hydrogen-bond donors (Lipinski definition) is 2. The van der Waals surface area contributed by atoms with Gasteiger partial charge in [0.2, 0.25) is 0 Å². The largest absolute Gasteiger partial charge is 0.397 e. The van der Waals surface area contributed by atoms with Gasteiger partial charge >= 0.3 is 0 Å². The molecule has 0 aliphatic carbocycles. The van der Waals surface area contributed by atoms with E-state index in [1.54, 1.807) is 30.6 Å². The van der Waals surface area contributed by atoms with Crippen LogP contribution in [0.3, 0.4) is 0 Å². The van der Waals surface area contributed by atoms with Gasteiger partial charge in [0.15, 0.2) is 0 Å². The summed E-state index contributed by atoms with van der Waals surface area (Å²) in [5.41, 5.74) is 7.61. The van der Waals surface area contributed by atoms with Gasteiger partial charge in [-0.25, -0.2) is 4.39 Å². The smallest absolute Gasteiger partial charge is 0.125 e. The zero-order valence-corrected chi connectivity index (χ0v) is 7.94. The molecule has 3 N–H and O–H groups in total. The number of nitrogen functional groups attached to an aromatic ring is 1. The minimum atomic E-state index is -0.289. The second kappa shape index (κ2) is 3.96. The van der Waals surface area contributed by atoms with Crippen LogP contribution in [-0.2, 0) is 0 Å². The summed E-state index contributed by atoms with van der Waals surface area (Å²) in [7, 11) is 0. The molecule has 0 radical (unpaired) electrons. The molecule has 0 aliphatic rings. The predicted molar refractivity (Wildman–Crippen MR) is 58.3 cm³/mol. The van der Waals surface area contributed by atoms with E-state index in [1.165, 1.54) is 12.1 Å². The summed E-state index contributed by atoms with van der Waals surface area (Å²) in [4.78, 5) is 3.93. The molecule has 4 heteroatoms. The zero-order chi connectivity index (χ0) is 10.7. The van der Waals surface area contributed by atoms with Gasteiger partial charge in [-0.05, 0) is 24.3 Å². The quantitative estimate of drug-likeness (QED) is 0.788. The third-order valence-electron chi connectivity index (χ3n) is 1.96. The first-order valence-corrected chi connectivity index (χ1v) is 4.48. The highest BCUT2D eigenvalue weighted by molar-refractivity contribution is 5.71. The molecule has 0 bridgehead atoms. The lowest BCUT2D eigenvalue weighted by Crippen LogP contribution is -1.96. The third kappa shape index (κ3) is 2.22. The van der Waals surface area contributed by atoms with Gasteiger partial charge in [-0.3, -0.25) is 4.98 Å². The maximum atomic E-state index is 12.9. The lowest BCUT2D eigenvalue weighted by Gasteiger charge is -2.07. The van der Waals surface area contributed by atoms with E-state index in [9.17, 15) is 4.39 Å². The standard InChI is InChI=1S/C11H10FN3/c12-8-2-1-3-9(6-8)15-11-7-14-5-4-10(11)13/h1-7,15H,(H2,13,14). The van der Waals surface area contributed by atoms with Crippen LogP contribution >= 0.6 is 0 Å². The van der Waals surface area contributed by atoms with Gasteiger partial charge in [0, 0.05) is 11.9 Å². The minimum absolute atomic E-state index is 0.289. The number of hydrogen-bond acceptors (Lipinski definition) is 3. The molecule has 1 heterocycles. The van der Waals surface area contributed by atoms with Crippen molar-refractivity contribution >= 4 is 17.1 Å². The SMILES string of the molecule is Nc1ccncc1Nc1cccc(F)c1. The lowest BCUT2D eigenvalue weighted by molar-refractivity contribution is 0.628. The Morgan fingerprint density at radius 1 is 1.27 bits per heavy atom. The molecule has 0 saturated heterocycles. The van der Waals surface area contributed by atoms with Crippen molar-refractivity contribution in [2.24, 2.45) is 0 Å². The molecule has 0 fully saturated rings. The molecule has 2 rings (SSSR count). The molecule has 0 unspecified atom stereocenters. The van der Waals surface area contributed by atoms with E-state index in [4.69, 9.17) is 5.73 Å². The fraction of sp³-hybridized carbons (Fsp3) is 0. The average molecular weight is 203 g/mol. The number of nitrogens with zero attached hydrogens (tertiary/aromatic N) is 1. The summed E-state index contributed by atoms with van der Waals surface area (Å²) >= 11 is 0. The number of rotatable bonds is 2. The fourth-order valence-electron chi connectivity index (χ4n) is 1.23. The number of nitrogens with two attached hydrogens (primary N) is 1. The molecule has 0 atom stereocenters. The Morgan fingerprint density at radius 2 is 2.13 bits per heavy atom. The van der Waals surface area contributed by atoms with E-state index in [0.717, 1.165) is 0 Å². The van der Waals surface area contributed by atoms with Crippen molar-refractivity contribution < 1.29 is 4.39 Å². The first-order valence-electron chi connectivity index (χ1n) is 4.48. The number of nitrogens with one attached hydrogen (secondary N) is 1. The molecule has 0 amide bonds. The van der Waals surface area contributed by atoms with Crippen molar-refractivity contribution in [2.45, 2.75) is 0 Å². The summed E-state index contributed by atoms with van der Waals surface area (Å²) in [6.07, 6.45) is 3.20. The van der Waals surface area contributed by atoms with E-state index in [2.05, 4.69) is 10.3 Å². The van der Waals surface area contributed by atoms with Gasteiger partial charge in [0.05, 0.1) is 17.6 Å². The molecule has 0 saturated carbocycles. The first-order chi connectivity index (χ1) is 7.25. The predicted octanol–water partition coefficient (Wildman–Crippen LogP) is 2.55. The second-order valence-corrected chi connectivity index (χ2v) is 3.10. The Kier molecular flexibility index (Phi) is 2.49. The molecular weight excluding hydrogens is 193 g/mol. The normalized spacial score (nSPS) is 9.93. The number of pyridine rings is 1. The summed E-state index contributed by atoms with van der Waals surface area (Å²) < 4.78 is 12.9. The van der Waals surface area contributed by atoms with Crippen molar-refractivity contribution in [3.8, 4) is 0 Å². The van der Waals surface area contributed by atoms with Crippen molar-refractivity contribution in [3.63, 3.8) is 0 Å². The van der Waals surface area contributed by atoms with E-state index in [-0.39, 0.29) is 5.82 Å². The number of halogens is 1. The van der Waals surface area contributed by atoms with Gasteiger partial charge in [0.1, 0.15) is 5.82 Å². The minimum Gasteiger partial charge on any atom is -0.397 e. The van der Waals surface area contributed by atoms with E-state index in [1.807, 2.05) is 0 Å². The molecule has 1 aromatic carbocycles. The Bertz CT molecular complexity index is 471. The third-order valence-corrected chi connectivity index (χ3v) is 1.96. The van der Waals surface area contributed by atoms with E-state index >= 15 is 0 Å². The topological polar surface area (TPSA) is 50.9 Å². The highest BCUT2D eigenvalue weighted by Crippen LogP contribution is 2.21. The summed E-state index contributed by atoms with van der Waals surface area (Å²) in [5.74, 6) is -0.289. The van der Waals surface area contributed by atoms with Crippen LogP contribution in [0.4, 0.5) is 21.5 Å². The molecule has 15 heavy (non-hydrogen) atoms. The summed E-state index contributed by atoms with van der Waals surface area (Å²) in [6.45, 7) is 0. The van der Waals surface area contributed by atoms with Gasteiger partial charge in [-0.15, -0.1) is 0 Å². The van der Waals surface area contributed by atoms with E-state index < -0.39 is 0 Å². The maximum Gasteiger partial charge on any atom is 0.125 e. The van der Waals surface area contributed by atoms with Gasteiger partial charge in [-0.1, -0.05) is 6.07 Å². The lowest BCUT2D eigenvalue weighted by atomic mass is 10.3. The second-order valence-electron chi connectivity index (χ2n) is 3.10. The molecule has 76 valence electrons. The number of aromatic nitrogens is 1. The van der Waals surface area contributed by atoms with Gasteiger partial charge in [0.25, 0.3) is 0 Å². The van der Waals surface area contributed by atoms with Crippen molar-refractivity contribution in [2.75, 3.05) is 11.1 Å². The van der Waals surface area contributed by atoms with Gasteiger partial charge in [-0.2, -0.15) is 0 Å². The van der Waals surface area contributed by atoms with Crippen LogP contribution in [0.1, 0.15) is 0 Å². The highest BCUT2D eigenvalue weighted by Gasteiger charge is 1.99. The molecule has 1 aromatic heterocycles. The fourth-order valence-corrected chi connectivity index (χ4v) is 1.23. The van der Waals surface area contributed by atoms with Crippen molar-refractivity contribution in [1.29, 1.82) is 0 Å². The van der Waals surface area contributed by atoms with Crippen LogP contribution in [-0.4, -0.2) is 4.98 Å². The molecule has 2 aromatic rings. The van der Waals surface area contributed by atoms with Crippen LogP contribution in [0.25, 0.3) is 0 Å². The highest BCUT2D eigenvalue weighted by atomic mass is 19.1. The van der Waals surface area contributed by atoms with E-state index in [0.29, 0.717) is 17.1 Å². The monoisotopic (exact) mass is 203 g/mol. The van der Waals surface area contributed by atoms with Gasteiger partial charge < -0.3 is 11.1 Å². The Morgan fingerprint density at radius 3 is 2.87 bits per heavy atom. The zero-order valence-electron chi connectivity index (χ0n) is 7.94. The van der Waals surface area contributed by atoms with Crippen LogP contribution in [0.5, 0.6) is 0 Å². The number of benzene rings is 1. The Labute approximate surface area is 86.8 Å². The van der Waals surface area contributed by atoms with Crippen molar-refractivity contribution in [3.05, 3.63) is 48.5 Å². The maximum absolute atomic E-state index is 12.9. The molecule has 0 aliphatic heterocycles. The van der Waals surface area contributed by atoms with Crippen LogP contribution in [0.15, 0.2) is 42.7 Å². The van der Waals surface area contributed by atoms with Crippen molar-refractivity contribution in [1.82, 2.24) is 4.98 Å².